The van der Waals surface area contributed by atoms with Gasteiger partial charge >= 0.3 is 12.1 Å². The number of nitrogens with zero attached hydrogens (tertiary/aromatic N) is 7. The van der Waals surface area contributed by atoms with Crippen LogP contribution in [0.15, 0.2) is 43.0 Å². The third-order valence-corrected chi connectivity index (χ3v) is 9.69. The minimum absolute atomic E-state index is 0.292. The fourth-order valence-corrected chi connectivity index (χ4v) is 7.08. The van der Waals surface area contributed by atoms with Crippen molar-refractivity contribution in [2.45, 2.75) is 83.6 Å². The number of likely N-dealkylation sites (tertiary alicyclic amines) is 1. The van der Waals surface area contributed by atoms with E-state index in [2.05, 4.69) is 35.9 Å². The zero-order valence-electron chi connectivity index (χ0n) is 28.7. The van der Waals surface area contributed by atoms with E-state index in [0.717, 1.165) is 73.3 Å². The van der Waals surface area contributed by atoms with Gasteiger partial charge in [-0.15, -0.1) is 0 Å². The largest absolute Gasteiger partial charge is 0.449 e. The Balaban J connectivity index is 1.35. The molecule has 3 aromatic heterocycles. The summed E-state index contributed by atoms with van der Waals surface area (Å²) < 4.78 is 20.7. The van der Waals surface area contributed by atoms with Gasteiger partial charge in [-0.3, -0.25) is 9.48 Å². The van der Waals surface area contributed by atoms with Gasteiger partial charge in [-0.05, 0) is 91.7 Å². The van der Waals surface area contributed by atoms with E-state index < -0.39 is 17.3 Å². The van der Waals surface area contributed by atoms with Crippen molar-refractivity contribution in [2.75, 3.05) is 44.8 Å². The molecule has 0 spiro atoms. The highest BCUT2D eigenvalue weighted by Gasteiger charge is 2.44. The summed E-state index contributed by atoms with van der Waals surface area (Å²) in [5.74, 6) is -0.352. The van der Waals surface area contributed by atoms with Crippen LogP contribution in [0.25, 0.3) is 33.5 Å². The van der Waals surface area contributed by atoms with Crippen molar-refractivity contribution in [3.63, 3.8) is 0 Å². The molecule has 1 aromatic carbocycles. The van der Waals surface area contributed by atoms with Gasteiger partial charge in [-0.1, -0.05) is 0 Å². The Morgan fingerprint density at radius 1 is 1.00 bits per heavy atom. The Morgan fingerprint density at radius 2 is 1.77 bits per heavy atom. The number of hydrogen-bond donors (Lipinski definition) is 0. The van der Waals surface area contributed by atoms with Crippen molar-refractivity contribution >= 4 is 28.9 Å². The van der Waals surface area contributed by atoms with E-state index in [1.807, 2.05) is 43.9 Å². The average Bonchev–Trinajstić information content (AvgIpc) is 3.76. The quantitative estimate of drug-likeness (QED) is 0.236. The van der Waals surface area contributed by atoms with Crippen molar-refractivity contribution in [3.8, 4) is 22.4 Å². The Kier molecular flexibility index (Phi) is 8.27. The Bertz CT molecular complexity index is 1840. The summed E-state index contributed by atoms with van der Waals surface area (Å²) in [4.78, 5) is 40.4. The van der Waals surface area contributed by atoms with Crippen LogP contribution < -0.4 is 4.90 Å². The number of carbonyl (C=O) groups excluding carboxylic acids is 2. The number of hydrogen-bond acceptors (Lipinski definition) is 10. The van der Waals surface area contributed by atoms with Crippen LogP contribution in [0.3, 0.4) is 0 Å². The van der Waals surface area contributed by atoms with E-state index in [1.54, 1.807) is 12.4 Å². The molecule has 3 aliphatic rings. The van der Waals surface area contributed by atoms with Crippen LogP contribution in [0.1, 0.15) is 71.9 Å². The zero-order chi connectivity index (χ0) is 33.8. The van der Waals surface area contributed by atoms with Gasteiger partial charge in [0.2, 0.25) is 0 Å². The first-order valence-corrected chi connectivity index (χ1v) is 16.9. The molecule has 0 aliphatic carbocycles. The maximum Gasteiger partial charge on any atom is 0.420 e. The molecule has 1 atom stereocenters. The summed E-state index contributed by atoms with van der Waals surface area (Å²) in [6.07, 6.45) is 11.1. The van der Waals surface area contributed by atoms with Gasteiger partial charge in [-0.25, -0.2) is 19.3 Å². The van der Waals surface area contributed by atoms with E-state index in [9.17, 15) is 9.59 Å². The summed E-state index contributed by atoms with van der Waals surface area (Å²) >= 11 is 0. The number of rotatable bonds is 6. The number of fused-ring (bicyclic) bond motifs is 1. The van der Waals surface area contributed by atoms with E-state index in [-0.39, 0.29) is 5.97 Å². The molecule has 3 aliphatic heterocycles. The number of piperidine rings is 1. The molecule has 0 bridgehead atoms. The first kappa shape index (κ1) is 32.3. The second kappa shape index (κ2) is 12.3. The summed E-state index contributed by atoms with van der Waals surface area (Å²) in [5.41, 5.74) is 4.42. The van der Waals surface area contributed by atoms with Gasteiger partial charge in [0.25, 0.3) is 0 Å². The van der Waals surface area contributed by atoms with Crippen LogP contribution >= 0.6 is 0 Å². The van der Waals surface area contributed by atoms with Gasteiger partial charge in [0.1, 0.15) is 11.1 Å². The average molecular weight is 656 g/mol. The minimum Gasteiger partial charge on any atom is -0.449 e. The molecule has 48 heavy (non-hydrogen) atoms. The van der Waals surface area contributed by atoms with Crippen molar-refractivity contribution in [3.05, 3.63) is 48.5 Å². The maximum atomic E-state index is 13.5. The molecule has 12 heteroatoms. The lowest BCUT2D eigenvalue weighted by atomic mass is 9.89. The number of esters is 1. The molecule has 0 saturated carbocycles. The zero-order valence-corrected chi connectivity index (χ0v) is 28.7. The molecular formula is C36H45N7O5. The van der Waals surface area contributed by atoms with E-state index >= 15 is 0 Å². The van der Waals surface area contributed by atoms with Crippen molar-refractivity contribution < 1.29 is 23.8 Å². The molecule has 0 radical (unpaired) electrons. The van der Waals surface area contributed by atoms with E-state index in [0.29, 0.717) is 42.2 Å². The lowest BCUT2D eigenvalue weighted by Crippen LogP contribution is -2.50. The third-order valence-electron chi connectivity index (χ3n) is 9.69. The van der Waals surface area contributed by atoms with Gasteiger partial charge in [0.15, 0.2) is 11.2 Å². The molecule has 3 saturated heterocycles. The van der Waals surface area contributed by atoms with Crippen LogP contribution in [0.5, 0.6) is 0 Å². The van der Waals surface area contributed by atoms with Gasteiger partial charge in [0.05, 0.1) is 37.3 Å². The smallest absolute Gasteiger partial charge is 0.420 e. The Morgan fingerprint density at radius 3 is 2.42 bits per heavy atom. The second-order valence-electron chi connectivity index (χ2n) is 14.6. The highest BCUT2D eigenvalue weighted by atomic mass is 16.6. The van der Waals surface area contributed by atoms with Crippen LogP contribution in [0.4, 0.5) is 10.5 Å². The van der Waals surface area contributed by atoms with Crippen LogP contribution in [0, 0.1) is 0 Å². The number of ether oxygens (including phenoxy) is 3. The standard InChI is InChI=1S/C36H45N7O5/c1-23-8-7-11-41(23)29-15-25(14-27(16-29)36(21-46-22-36)47-24(2)44)31-18-37-33-32(39-31)30(20-42(33)34(45)48-35(3,4)5)26-17-38-43(19-26)28-9-12-40(6)13-10-28/h14-20,23,28H,7-13,21-22H2,1-6H3/t23-/m1/s1. The lowest BCUT2D eigenvalue weighted by molar-refractivity contribution is -0.216. The molecule has 12 nitrogen and oxygen atoms in total. The second-order valence-corrected chi connectivity index (χ2v) is 14.6. The van der Waals surface area contributed by atoms with Crippen molar-refractivity contribution in [2.24, 2.45) is 0 Å². The minimum atomic E-state index is -0.856. The Hall–Kier alpha value is -4.29. The van der Waals surface area contributed by atoms with Crippen molar-refractivity contribution in [1.82, 2.24) is 29.2 Å². The molecular weight excluding hydrogens is 610 g/mol. The SMILES string of the molecule is CC(=O)OC1(c2cc(-c3cnc4c(n3)c(-c3cnn(C5CCN(C)CC5)c3)cn4C(=O)OC(C)(C)C)cc(N3CCC[C@H]3C)c2)COC1. The predicted molar refractivity (Wildman–Crippen MR) is 182 cm³/mol. The van der Waals surface area contributed by atoms with E-state index in [1.165, 1.54) is 11.5 Å². The van der Waals surface area contributed by atoms with E-state index in [4.69, 9.17) is 29.3 Å². The number of aromatic nitrogens is 5. The summed E-state index contributed by atoms with van der Waals surface area (Å²) in [6.45, 7) is 12.8. The molecule has 0 amide bonds. The van der Waals surface area contributed by atoms with Crippen LogP contribution in [0.2, 0.25) is 0 Å². The number of benzene rings is 1. The first-order chi connectivity index (χ1) is 22.9. The van der Waals surface area contributed by atoms with Crippen molar-refractivity contribution in [1.29, 1.82) is 0 Å². The summed E-state index contributed by atoms with van der Waals surface area (Å²) in [6, 6.07) is 6.95. The molecule has 254 valence electrons. The number of anilines is 1. The number of carbonyl (C=O) groups is 2. The molecule has 3 fully saturated rings. The van der Waals surface area contributed by atoms with Crippen LogP contribution in [-0.4, -0.2) is 92.8 Å². The molecule has 0 N–H and O–H groups in total. The summed E-state index contributed by atoms with van der Waals surface area (Å²) in [5, 5.41) is 4.75. The monoisotopic (exact) mass is 655 g/mol. The molecule has 4 aromatic rings. The highest BCUT2D eigenvalue weighted by molar-refractivity contribution is 5.97. The van der Waals surface area contributed by atoms with Gasteiger partial charge < -0.3 is 24.0 Å². The first-order valence-electron chi connectivity index (χ1n) is 16.9. The predicted octanol–water partition coefficient (Wildman–Crippen LogP) is 5.79. The maximum absolute atomic E-state index is 13.5. The van der Waals surface area contributed by atoms with Crippen LogP contribution in [-0.2, 0) is 24.6 Å². The lowest BCUT2D eigenvalue weighted by Gasteiger charge is -2.41. The Labute approximate surface area is 281 Å². The topological polar surface area (TPSA) is 117 Å². The normalized spacial score (nSPS) is 20.2. The molecule has 0 unspecified atom stereocenters. The van der Waals surface area contributed by atoms with Gasteiger partial charge in [-0.2, -0.15) is 5.10 Å². The van der Waals surface area contributed by atoms with Gasteiger partial charge in [0, 0.05) is 59.8 Å². The fraction of sp³-hybridized carbons (Fsp3) is 0.528. The summed E-state index contributed by atoms with van der Waals surface area (Å²) in [7, 11) is 2.15. The molecule has 6 heterocycles. The fourth-order valence-electron chi connectivity index (χ4n) is 7.08. The highest BCUT2D eigenvalue weighted by Crippen LogP contribution is 2.40. The third kappa shape index (κ3) is 6.19. The molecule has 7 rings (SSSR count).